The standard InChI is InChI=1S/C20H25F3N2O3/c1-2-24(12-18(26)27)15-6-8-25(9-7-15)19(28)17-11-16(17)13-4-3-5-14(10-13)20(21,22)23/h3-5,10,15-17H,2,6-9,11-12H2,1H3,(H,26,27)/t16-,17-/m1/s1. The Kier molecular flexibility index (Phi) is 5.98. The summed E-state index contributed by atoms with van der Waals surface area (Å²) in [6, 6.07) is 5.39. The molecule has 1 saturated heterocycles. The molecule has 1 aliphatic carbocycles. The number of hydrogen-bond acceptors (Lipinski definition) is 3. The summed E-state index contributed by atoms with van der Waals surface area (Å²) in [5.74, 6) is -1.25. The molecule has 154 valence electrons. The van der Waals surface area contributed by atoms with Crippen molar-refractivity contribution in [3.8, 4) is 0 Å². The molecule has 28 heavy (non-hydrogen) atoms. The molecule has 5 nitrogen and oxygen atoms in total. The van der Waals surface area contributed by atoms with Crippen molar-refractivity contribution in [2.75, 3.05) is 26.2 Å². The Morgan fingerprint density at radius 2 is 1.93 bits per heavy atom. The molecule has 0 aromatic heterocycles. The summed E-state index contributed by atoms with van der Waals surface area (Å²) in [4.78, 5) is 27.4. The molecule has 1 aliphatic heterocycles. The molecule has 3 rings (SSSR count). The normalized spacial score (nSPS) is 23.1. The molecule has 1 amide bonds. The van der Waals surface area contributed by atoms with E-state index in [0.29, 0.717) is 44.5 Å². The zero-order chi connectivity index (χ0) is 20.5. The van der Waals surface area contributed by atoms with Crippen LogP contribution in [0.1, 0.15) is 43.2 Å². The zero-order valence-corrected chi connectivity index (χ0v) is 15.8. The number of likely N-dealkylation sites (tertiary alicyclic amines) is 1. The fourth-order valence-corrected chi connectivity index (χ4v) is 4.14. The van der Waals surface area contributed by atoms with Crippen molar-refractivity contribution < 1.29 is 27.9 Å². The van der Waals surface area contributed by atoms with Crippen LogP contribution in [0.25, 0.3) is 0 Å². The van der Waals surface area contributed by atoms with Gasteiger partial charge in [-0.1, -0.05) is 25.1 Å². The second-order valence-corrected chi connectivity index (χ2v) is 7.59. The van der Waals surface area contributed by atoms with Gasteiger partial charge in [-0.15, -0.1) is 0 Å². The molecular formula is C20H25F3N2O3. The van der Waals surface area contributed by atoms with Crippen LogP contribution in [-0.2, 0) is 15.8 Å². The van der Waals surface area contributed by atoms with Crippen molar-refractivity contribution in [1.82, 2.24) is 9.80 Å². The number of alkyl halides is 3. The van der Waals surface area contributed by atoms with Crippen LogP contribution in [0.15, 0.2) is 24.3 Å². The highest BCUT2D eigenvalue weighted by Crippen LogP contribution is 2.49. The third-order valence-electron chi connectivity index (χ3n) is 5.79. The number of piperidine rings is 1. The maximum atomic E-state index is 12.9. The number of carboxylic acid groups (broad SMARTS) is 1. The van der Waals surface area contributed by atoms with Gasteiger partial charge in [-0.3, -0.25) is 14.5 Å². The predicted octanol–water partition coefficient (Wildman–Crippen LogP) is 3.21. The van der Waals surface area contributed by atoms with Gasteiger partial charge in [-0.05, 0) is 43.4 Å². The molecule has 0 spiro atoms. The van der Waals surface area contributed by atoms with Gasteiger partial charge < -0.3 is 10.0 Å². The van der Waals surface area contributed by atoms with Crippen LogP contribution in [-0.4, -0.2) is 59.0 Å². The summed E-state index contributed by atoms with van der Waals surface area (Å²) < 4.78 is 38.7. The van der Waals surface area contributed by atoms with Crippen LogP contribution in [0.3, 0.4) is 0 Å². The van der Waals surface area contributed by atoms with Gasteiger partial charge in [0.05, 0.1) is 12.1 Å². The highest BCUT2D eigenvalue weighted by atomic mass is 19.4. The van der Waals surface area contributed by atoms with E-state index in [9.17, 15) is 22.8 Å². The Labute approximate surface area is 162 Å². The van der Waals surface area contributed by atoms with Gasteiger partial charge in [0.2, 0.25) is 5.91 Å². The molecule has 1 aromatic rings. The van der Waals surface area contributed by atoms with E-state index in [4.69, 9.17) is 5.11 Å². The molecule has 1 heterocycles. The number of carbonyl (C=O) groups excluding carboxylic acids is 1. The summed E-state index contributed by atoms with van der Waals surface area (Å²) >= 11 is 0. The maximum Gasteiger partial charge on any atom is 0.416 e. The minimum atomic E-state index is -4.38. The van der Waals surface area contributed by atoms with E-state index in [1.165, 1.54) is 6.07 Å². The lowest BCUT2D eigenvalue weighted by Crippen LogP contribution is -2.48. The number of likely N-dealkylation sites (N-methyl/N-ethyl adjacent to an activating group) is 1. The maximum absolute atomic E-state index is 12.9. The number of carboxylic acids is 1. The van der Waals surface area contributed by atoms with Crippen molar-refractivity contribution in [3.63, 3.8) is 0 Å². The van der Waals surface area contributed by atoms with Gasteiger partial charge in [0.25, 0.3) is 0 Å². The third-order valence-corrected chi connectivity index (χ3v) is 5.79. The second-order valence-electron chi connectivity index (χ2n) is 7.59. The first kappa shape index (κ1) is 20.6. The lowest BCUT2D eigenvalue weighted by Gasteiger charge is -2.37. The molecule has 1 saturated carbocycles. The monoisotopic (exact) mass is 398 g/mol. The first-order valence-electron chi connectivity index (χ1n) is 9.62. The van der Waals surface area contributed by atoms with Crippen molar-refractivity contribution >= 4 is 11.9 Å². The highest BCUT2D eigenvalue weighted by Gasteiger charge is 2.47. The van der Waals surface area contributed by atoms with E-state index in [2.05, 4.69) is 0 Å². The summed E-state index contributed by atoms with van der Waals surface area (Å²) in [6.07, 6.45) is -2.37. The van der Waals surface area contributed by atoms with Crippen LogP contribution < -0.4 is 0 Å². The largest absolute Gasteiger partial charge is 0.480 e. The van der Waals surface area contributed by atoms with Crippen LogP contribution in [0.4, 0.5) is 13.2 Å². The molecule has 1 aromatic carbocycles. The smallest absolute Gasteiger partial charge is 0.416 e. The number of rotatable bonds is 6. The van der Waals surface area contributed by atoms with Gasteiger partial charge in [0.15, 0.2) is 0 Å². The number of carbonyl (C=O) groups is 2. The summed E-state index contributed by atoms with van der Waals surface area (Å²) in [7, 11) is 0. The topological polar surface area (TPSA) is 60.9 Å². The number of hydrogen-bond donors (Lipinski definition) is 1. The van der Waals surface area contributed by atoms with Gasteiger partial charge in [-0.2, -0.15) is 13.2 Å². The first-order valence-corrected chi connectivity index (χ1v) is 9.62. The average Bonchev–Trinajstić information content (AvgIpc) is 3.46. The molecule has 0 radical (unpaired) electrons. The predicted molar refractivity (Wildman–Crippen MR) is 96.8 cm³/mol. The fourth-order valence-electron chi connectivity index (χ4n) is 4.14. The van der Waals surface area contributed by atoms with Crippen molar-refractivity contribution in [2.24, 2.45) is 5.92 Å². The van der Waals surface area contributed by atoms with E-state index < -0.39 is 17.7 Å². The molecule has 2 fully saturated rings. The molecule has 2 atom stereocenters. The number of amides is 1. The minimum absolute atomic E-state index is 0.00199. The minimum Gasteiger partial charge on any atom is -0.480 e. The quantitative estimate of drug-likeness (QED) is 0.800. The average molecular weight is 398 g/mol. The Bertz CT molecular complexity index is 730. The number of halogens is 3. The number of aliphatic carboxylic acids is 1. The molecular weight excluding hydrogens is 373 g/mol. The summed E-state index contributed by atoms with van der Waals surface area (Å²) in [5.41, 5.74) is -0.108. The van der Waals surface area contributed by atoms with Crippen LogP contribution in [0, 0.1) is 5.92 Å². The van der Waals surface area contributed by atoms with Crippen molar-refractivity contribution in [2.45, 2.75) is 44.3 Å². The number of nitrogens with zero attached hydrogens (tertiary/aromatic N) is 2. The molecule has 2 aliphatic rings. The van der Waals surface area contributed by atoms with Crippen LogP contribution >= 0.6 is 0 Å². The van der Waals surface area contributed by atoms with Crippen LogP contribution in [0.5, 0.6) is 0 Å². The number of benzene rings is 1. The highest BCUT2D eigenvalue weighted by molar-refractivity contribution is 5.83. The lowest BCUT2D eigenvalue weighted by atomic mass is 10.0. The van der Waals surface area contributed by atoms with E-state index >= 15 is 0 Å². The Morgan fingerprint density at radius 3 is 2.50 bits per heavy atom. The molecule has 0 bridgehead atoms. The van der Waals surface area contributed by atoms with E-state index in [0.717, 1.165) is 12.1 Å². The molecule has 1 N–H and O–H groups in total. The molecule has 0 unspecified atom stereocenters. The Morgan fingerprint density at radius 1 is 1.25 bits per heavy atom. The van der Waals surface area contributed by atoms with Gasteiger partial charge >= 0.3 is 12.1 Å². The van der Waals surface area contributed by atoms with E-state index in [1.54, 1.807) is 11.0 Å². The summed E-state index contributed by atoms with van der Waals surface area (Å²) in [6.45, 7) is 3.68. The van der Waals surface area contributed by atoms with Crippen LogP contribution in [0.2, 0.25) is 0 Å². The van der Waals surface area contributed by atoms with Gasteiger partial charge in [0.1, 0.15) is 0 Å². The first-order chi connectivity index (χ1) is 13.2. The Balaban J connectivity index is 1.55. The Hall–Kier alpha value is -2.09. The van der Waals surface area contributed by atoms with Crippen molar-refractivity contribution in [1.29, 1.82) is 0 Å². The third kappa shape index (κ3) is 4.66. The lowest BCUT2D eigenvalue weighted by molar-refractivity contribution is -0.140. The second kappa shape index (κ2) is 8.11. The van der Waals surface area contributed by atoms with E-state index in [1.807, 2.05) is 11.8 Å². The van der Waals surface area contributed by atoms with Crippen molar-refractivity contribution in [3.05, 3.63) is 35.4 Å². The van der Waals surface area contributed by atoms with E-state index in [-0.39, 0.29) is 30.3 Å². The van der Waals surface area contributed by atoms with Gasteiger partial charge in [0, 0.05) is 25.0 Å². The van der Waals surface area contributed by atoms with Gasteiger partial charge in [-0.25, -0.2) is 0 Å². The molecule has 8 heteroatoms. The summed E-state index contributed by atoms with van der Waals surface area (Å²) in [5, 5.41) is 9.00. The SMILES string of the molecule is CCN(CC(=O)O)C1CCN(C(=O)[C@@H]2C[C@@H]2c2cccc(C(F)(F)F)c2)CC1. The fraction of sp³-hybridized carbons (Fsp3) is 0.600. The zero-order valence-electron chi connectivity index (χ0n) is 15.8.